The van der Waals surface area contributed by atoms with Crippen molar-refractivity contribution in [1.82, 2.24) is 20.9 Å². The van der Waals surface area contributed by atoms with Gasteiger partial charge in [-0.2, -0.15) is 0 Å². The molecular weight excluding hydrogens is 367 g/mol. The van der Waals surface area contributed by atoms with E-state index in [0.29, 0.717) is 18.5 Å². The van der Waals surface area contributed by atoms with Gasteiger partial charge in [0, 0.05) is 25.6 Å². The van der Waals surface area contributed by atoms with Crippen LogP contribution in [0.25, 0.3) is 0 Å². The Morgan fingerprint density at radius 1 is 1.14 bits per heavy atom. The Morgan fingerprint density at radius 2 is 1.96 bits per heavy atom. The van der Waals surface area contributed by atoms with Crippen molar-refractivity contribution in [3.05, 3.63) is 34.9 Å². The Labute approximate surface area is 160 Å². The van der Waals surface area contributed by atoms with Crippen molar-refractivity contribution in [2.24, 2.45) is 0 Å². The van der Waals surface area contributed by atoms with Crippen LogP contribution in [0, 0.1) is 0 Å². The molecule has 1 aromatic carbocycles. The van der Waals surface area contributed by atoms with E-state index in [2.05, 4.69) is 16.0 Å². The minimum Gasteiger partial charge on any atom is -0.314 e. The lowest BCUT2D eigenvalue weighted by Gasteiger charge is -2.28. The summed E-state index contributed by atoms with van der Waals surface area (Å²) in [7, 11) is 0. The molecule has 148 valence electrons. The summed E-state index contributed by atoms with van der Waals surface area (Å²) in [5, 5.41) is 8.30. The number of halogens is 1. The standard InChI is InChI=1S/C19H21FN4O4/c20-12-9-21-7-6-13(12)22-8-10-2-1-3-11-16(10)19(28)24(18(11)27)14-4-5-15(25)23-17(14)26/h1-3,12-14,21-22H,4-9H2,(H,23,25,26)/t12-,13-,14?/m1/s1. The molecule has 2 fully saturated rings. The number of carbonyl (C=O) groups excluding carboxylic acids is 4. The quantitative estimate of drug-likeness (QED) is 0.621. The average molecular weight is 388 g/mol. The largest absolute Gasteiger partial charge is 0.314 e. The Kier molecular flexibility index (Phi) is 4.94. The zero-order valence-corrected chi connectivity index (χ0v) is 15.2. The zero-order chi connectivity index (χ0) is 19.8. The molecule has 0 saturated carbocycles. The maximum Gasteiger partial charge on any atom is 0.262 e. The highest BCUT2D eigenvalue weighted by Crippen LogP contribution is 2.30. The second kappa shape index (κ2) is 7.40. The fraction of sp³-hybridized carbons (Fsp3) is 0.474. The Hall–Kier alpha value is -2.65. The second-order valence-electron chi connectivity index (χ2n) is 7.28. The van der Waals surface area contributed by atoms with Crippen LogP contribution < -0.4 is 16.0 Å². The predicted molar refractivity (Wildman–Crippen MR) is 96.1 cm³/mol. The molecule has 8 nitrogen and oxygen atoms in total. The molecule has 3 aliphatic heterocycles. The summed E-state index contributed by atoms with van der Waals surface area (Å²) < 4.78 is 14.0. The van der Waals surface area contributed by atoms with Crippen molar-refractivity contribution < 1.29 is 23.6 Å². The molecule has 0 radical (unpaired) electrons. The third-order valence-electron chi connectivity index (χ3n) is 5.52. The molecule has 0 spiro atoms. The van der Waals surface area contributed by atoms with Crippen LogP contribution in [0.4, 0.5) is 4.39 Å². The third-order valence-corrected chi connectivity index (χ3v) is 5.52. The molecule has 3 N–H and O–H groups in total. The first-order valence-electron chi connectivity index (χ1n) is 9.39. The highest BCUT2D eigenvalue weighted by atomic mass is 19.1. The minimum absolute atomic E-state index is 0.0752. The summed E-state index contributed by atoms with van der Waals surface area (Å²) in [6.07, 6.45) is -0.206. The second-order valence-corrected chi connectivity index (χ2v) is 7.28. The molecule has 0 aliphatic carbocycles. The summed E-state index contributed by atoms with van der Waals surface area (Å²) >= 11 is 0. The smallest absolute Gasteiger partial charge is 0.262 e. The number of carbonyl (C=O) groups is 4. The maximum atomic E-state index is 14.0. The van der Waals surface area contributed by atoms with E-state index in [1.165, 1.54) is 0 Å². The summed E-state index contributed by atoms with van der Waals surface area (Å²) in [6, 6.07) is 3.62. The molecule has 1 unspecified atom stereocenters. The highest BCUT2D eigenvalue weighted by molar-refractivity contribution is 6.24. The van der Waals surface area contributed by atoms with Gasteiger partial charge in [0.25, 0.3) is 11.8 Å². The van der Waals surface area contributed by atoms with Gasteiger partial charge in [-0.05, 0) is 31.0 Å². The maximum absolute atomic E-state index is 14.0. The lowest BCUT2D eigenvalue weighted by Crippen LogP contribution is -2.54. The van der Waals surface area contributed by atoms with Gasteiger partial charge in [0.2, 0.25) is 11.8 Å². The van der Waals surface area contributed by atoms with Crippen LogP contribution in [0.3, 0.4) is 0 Å². The number of nitrogens with zero attached hydrogens (tertiary/aromatic N) is 1. The van der Waals surface area contributed by atoms with E-state index in [4.69, 9.17) is 0 Å². The van der Waals surface area contributed by atoms with Crippen LogP contribution in [-0.2, 0) is 16.1 Å². The lowest BCUT2D eigenvalue weighted by atomic mass is 10.0. The van der Waals surface area contributed by atoms with Gasteiger partial charge >= 0.3 is 0 Å². The third kappa shape index (κ3) is 3.20. The number of alkyl halides is 1. The highest BCUT2D eigenvalue weighted by Gasteiger charge is 2.45. The van der Waals surface area contributed by atoms with Gasteiger partial charge in [-0.25, -0.2) is 4.39 Å². The monoisotopic (exact) mass is 388 g/mol. The van der Waals surface area contributed by atoms with Gasteiger partial charge in [0.1, 0.15) is 12.2 Å². The number of nitrogens with one attached hydrogen (secondary N) is 3. The average Bonchev–Trinajstić information content (AvgIpc) is 2.93. The molecule has 4 amide bonds. The van der Waals surface area contributed by atoms with E-state index in [1.54, 1.807) is 18.2 Å². The number of fused-ring (bicyclic) bond motifs is 1. The number of amides is 4. The molecule has 3 heterocycles. The van der Waals surface area contributed by atoms with Crippen molar-refractivity contribution >= 4 is 23.6 Å². The molecular formula is C19H21FN4O4. The molecule has 28 heavy (non-hydrogen) atoms. The van der Waals surface area contributed by atoms with Gasteiger partial charge in [-0.15, -0.1) is 0 Å². The van der Waals surface area contributed by atoms with E-state index in [0.717, 1.165) is 4.90 Å². The van der Waals surface area contributed by atoms with E-state index in [9.17, 15) is 23.6 Å². The Balaban J connectivity index is 1.56. The Morgan fingerprint density at radius 3 is 2.71 bits per heavy atom. The van der Waals surface area contributed by atoms with Gasteiger partial charge in [0.15, 0.2) is 0 Å². The number of rotatable bonds is 4. The van der Waals surface area contributed by atoms with Crippen molar-refractivity contribution in [1.29, 1.82) is 0 Å². The van der Waals surface area contributed by atoms with E-state index < -0.39 is 35.8 Å². The normalized spacial score (nSPS) is 27.8. The fourth-order valence-electron chi connectivity index (χ4n) is 4.02. The van der Waals surface area contributed by atoms with Crippen molar-refractivity contribution in [2.75, 3.05) is 13.1 Å². The number of piperidine rings is 2. The Bertz CT molecular complexity index is 858. The number of hydrogen-bond acceptors (Lipinski definition) is 6. The number of hydrogen-bond donors (Lipinski definition) is 3. The molecule has 9 heteroatoms. The number of imide groups is 2. The van der Waals surface area contributed by atoms with E-state index in [1.807, 2.05) is 0 Å². The first-order chi connectivity index (χ1) is 13.5. The molecule has 3 atom stereocenters. The lowest BCUT2D eigenvalue weighted by molar-refractivity contribution is -0.136. The first-order valence-corrected chi connectivity index (χ1v) is 9.39. The predicted octanol–water partition coefficient (Wildman–Crippen LogP) is -0.123. The number of benzene rings is 1. The summed E-state index contributed by atoms with van der Waals surface area (Å²) in [5.74, 6) is -2.14. The van der Waals surface area contributed by atoms with Crippen LogP contribution >= 0.6 is 0 Å². The van der Waals surface area contributed by atoms with Gasteiger partial charge < -0.3 is 10.6 Å². The van der Waals surface area contributed by atoms with Gasteiger partial charge in [0.05, 0.1) is 11.1 Å². The summed E-state index contributed by atoms with van der Waals surface area (Å²) in [5.41, 5.74) is 1.07. The van der Waals surface area contributed by atoms with Crippen LogP contribution in [0.1, 0.15) is 45.5 Å². The minimum atomic E-state index is -1.03. The van der Waals surface area contributed by atoms with E-state index in [-0.39, 0.29) is 43.1 Å². The molecule has 0 bridgehead atoms. The molecule has 0 aromatic heterocycles. The summed E-state index contributed by atoms with van der Waals surface area (Å²) in [6.45, 7) is 1.24. The molecule has 2 saturated heterocycles. The first kappa shape index (κ1) is 18.7. The van der Waals surface area contributed by atoms with Crippen LogP contribution in [-0.4, -0.2) is 59.9 Å². The van der Waals surface area contributed by atoms with E-state index >= 15 is 0 Å². The fourth-order valence-corrected chi connectivity index (χ4v) is 4.02. The van der Waals surface area contributed by atoms with Crippen LogP contribution in [0.5, 0.6) is 0 Å². The molecule has 4 rings (SSSR count). The van der Waals surface area contributed by atoms with Gasteiger partial charge in [-0.1, -0.05) is 12.1 Å². The topological polar surface area (TPSA) is 108 Å². The summed E-state index contributed by atoms with van der Waals surface area (Å²) in [4.78, 5) is 50.3. The van der Waals surface area contributed by atoms with Crippen LogP contribution in [0.15, 0.2) is 18.2 Å². The van der Waals surface area contributed by atoms with Crippen molar-refractivity contribution in [3.8, 4) is 0 Å². The SMILES string of the molecule is O=C1CCC(N2C(=O)c3cccc(CN[C@@H]4CCNC[C@H]4F)c3C2=O)C(=O)N1. The van der Waals surface area contributed by atoms with Crippen LogP contribution in [0.2, 0.25) is 0 Å². The molecule has 3 aliphatic rings. The van der Waals surface area contributed by atoms with Crippen molar-refractivity contribution in [2.45, 2.75) is 44.1 Å². The van der Waals surface area contributed by atoms with Gasteiger partial charge in [-0.3, -0.25) is 29.4 Å². The molecule has 1 aromatic rings. The van der Waals surface area contributed by atoms with Crippen molar-refractivity contribution in [3.63, 3.8) is 0 Å². The zero-order valence-electron chi connectivity index (χ0n) is 15.2.